The molecule has 0 spiro atoms. The molecule has 3 heterocycles. The molecule has 1 saturated heterocycles. The molecule has 5 rings (SSSR count). The summed E-state index contributed by atoms with van der Waals surface area (Å²) >= 11 is 0. The van der Waals surface area contributed by atoms with E-state index in [0.29, 0.717) is 6.42 Å². The van der Waals surface area contributed by atoms with Crippen LogP contribution in [0.5, 0.6) is 0 Å². The van der Waals surface area contributed by atoms with E-state index in [1.54, 1.807) is 4.90 Å². The lowest BCUT2D eigenvalue weighted by molar-refractivity contribution is -0.159. The summed E-state index contributed by atoms with van der Waals surface area (Å²) in [6.07, 6.45) is 0.481. The maximum absolute atomic E-state index is 13.2. The van der Waals surface area contributed by atoms with Crippen LogP contribution < -0.4 is 0 Å². The molecular formula is C22H21N3O3. The number of rotatable bonds is 3. The van der Waals surface area contributed by atoms with E-state index >= 15 is 0 Å². The number of para-hydroxylation sites is 1. The lowest BCUT2D eigenvalue weighted by Gasteiger charge is -2.47. The minimum atomic E-state index is -0.551. The molecule has 0 bridgehead atoms. The van der Waals surface area contributed by atoms with Gasteiger partial charge in [-0.2, -0.15) is 0 Å². The van der Waals surface area contributed by atoms with Gasteiger partial charge in [-0.3, -0.25) is 9.59 Å². The average molecular weight is 375 g/mol. The van der Waals surface area contributed by atoms with Crippen LogP contribution in [0.2, 0.25) is 0 Å². The minimum absolute atomic E-state index is 0.00872. The van der Waals surface area contributed by atoms with Gasteiger partial charge in [0.15, 0.2) is 0 Å². The summed E-state index contributed by atoms with van der Waals surface area (Å²) in [6, 6.07) is 17.0. The van der Waals surface area contributed by atoms with Crippen molar-refractivity contribution in [1.29, 1.82) is 0 Å². The number of aliphatic hydroxyl groups excluding tert-OH is 1. The van der Waals surface area contributed by atoms with Gasteiger partial charge in [-0.25, -0.2) is 0 Å². The molecule has 1 unspecified atom stereocenters. The van der Waals surface area contributed by atoms with E-state index in [1.807, 2.05) is 48.5 Å². The predicted octanol–water partition coefficient (Wildman–Crippen LogP) is 1.85. The summed E-state index contributed by atoms with van der Waals surface area (Å²) in [5.74, 6) is -0.179. The fraction of sp³-hybridized carbons (Fsp3) is 0.273. The normalized spacial score (nSPS) is 21.8. The highest BCUT2D eigenvalue weighted by Crippen LogP contribution is 2.42. The summed E-state index contributed by atoms with van der Waals surface area (Å²) in [6.45, 7) is 0.0483. The summed E-state index contributed by atoms with van der Waals surface area (Å²) in [5, 5.41) is 10.4. The molecule has 2 amide bonds. The van der Waals surface area contributed by atoms with Crippen LogP contribution in [0, 0.1) is 0 Å². The van der Waals surface area contributed by atoms with Crippen molar-refractivity contribution in [2.24, 2.45) is 0 Å². The molecule has 1 aromatic heterocycles. The number of hydrogen-bond donors (Lipinski definition) is 2. The SMILES string of the molecule is O=C1[C@@H]2Cc3c([nH]c4ccccc34)C(c3ccccc3)N2C(=O)CN1CCO. The molecule has 6 heteroatoms. The fourth-order valence-corrected chi connectivity index (χ4v) is 4.62. The van der Waals surface area contributed by atoms with Crippen molar-refractivity contribution in [3.8, 4) is 0 Å². The summed E-state index contributed by atoms with van der Waals surface area (Å²) in [7, 11) is 0. The van der Waals surface area contributed by atoms with Gasteiger partial charge >= 0.3 is 0 Å². The van der Waals surface area contributed by atoms with E-state index in [0.717, 1.165) is 27.7 Å². The van der Waals surface area contributed by atoms with Gasteiger partial charge in [0.25, 0.3) is 0 Å². The minimum Gasteiger partial charge on any atom is -0.395 e. The molecule has 2 aliphatic heterocycles. The number of carbonyl (C=O) groups is 2. The van der Waals surface area contributed by atoms with E-state index in [1.165, 1.54) is 4.90 Å². The number of hydrogen-bond acceptors (Lipinski definition) is 3. The molecule has 3 aromatic rings. The van der Waals surface area contributed by atoms with E-state index in [4.69, 9.17) is 0 Å². The largest absolute Gasteiger partial charge is 0.395 e. The zero-order valence-electron chi connectivity index (χ0n) is 15.3. The Kier molecular flexibility index (Phi) is 3.94. The molecule has 1 fully saturated rings. The number of benzene rings is 2. The standard InChI is InChI=1S/C22H21N3O3/c26-11-10-24-13-19(27)25-18(22(24)28)12-16-15-8-4-5-9-17(15)23-20(16)21(25)14-6-2-1-3-7-14/h1-9,18,21,23,26H,10-13H2/t18-,21?/m0/s1. The first-order chi connectivity index (χ1) is 13.7. The Labute approximate surface area is 162 Å². The summed E-state index contributed by atoms with van der Waals surface area (Å²) in [5.41, 5.74) is 4.08. The summed E-state index contributed by atoms with van der Waals surface area (Å²) < 4.78 is 0. The third kappa shape index (κ3) is 2.45. The quantitative estimate of drug-likeness (QED) is 0.733. The Hall–Kier alpha value is -3.12. The molecule has 0 aliphatic carbocycles. The van der Waals surface area contributed by atoms with Crippen molar-refractivity contribution in [1.82, 2.24) is 14.8 Å². The molecule has 0 saturated carbocycles. The Morgan fingerprint density at radius 3 is 2.57 bits per heavy atom. The van der Waals surface area contributed by atoms with Crippen LogP contribution in [-0.4, -0.2) is 57.4 Å². The molecule has 28 heavy (non-hydrogen) atoms. The van der Waals surface area contributed by atoms with Gasteiger partial charge in [-0.15, -0.1) is 0 Å². The molecule has 2 N–H and O–H groups in total. The lowest BCUT2D eigenvalue weighted by Crippen LogP contribution is -2.63. The number of carbonyl (C=O) groups excluding carboxylic acids is 2. The van der Waals surface area contributed by atoms with Gasteiger partial charge < -0.3 is 19.9 Å². The second-order valence-corrected chi connectivity index (χ2v) is 7.38. The van der Waals surface area contributed by atoms with Crippen molar-refractivity contribution < 1.29 is 14.7 Å². The molecule has 0 radical (unpaired) electrons. The molecular weight excluding hydrogens is 354 g/mol. The number of β-amino-alcohol motifs (C(OH)–C–C–N with tert-alkyl or cyclic N) is 1. The van der Waals surface area contributed by atoms with E-state index in [9.17, 15) is 14.7 Å². The molecule has 2 aromatic carbocycles. The number of aromatic amines is 1. The van der Waals surface area contributed by atoms with Gasteiger partial charge in [0.05, 0.1) is 19.2 Å². The number of H-pyrrole nitrogens is 1. The number of nitrogens with zero attached hydrogens (tertiary/aromatic N) is 2. The van der Waals surface area contributed by atoms with Gasteiger partial charge in [-0.1, -0.05) is 48.5 Å². The van der Waals surface area contributed by atoms with Gasteiger partial charge in [-0.05, 0) is 17.2 Å². The molecule has 6 nitrogen and oxygen atoms in total. The zero-order valence-corrected chi connectivity index (χ0v) is 15.3. The Morgan fingerprint density at radius 1 is 1.04 bits per heavy atom. The third-order valence-electron chi connectivity index (χ3n) is 5.83. The van der Waals surface area contributed by atoms with Crippen LogP contribution in [0.15, 0.2) is 54.6 Å². The van der Waals surface area contributed by atoms with Crippen LogP contribution in [0.3, 0.4) is 0 Å². The number of aromatic nitrogens is 1. The molecule has 142 valence electrons. The first-order valence-corrected chi connectivity index (χ1v) is 9.54. The zero-order chi connectivity index (χ0) is 19.3. The van der Waals surface area contributed by atoms with Crippen LogP contribution in [0.4, 0.5) is 0 Å². The smallest absolute Gasteiger partial charge is 0.246 e. The van der Waals surface area contributed by atoms with Crippen LogP contribution >= 0.6 is 0 Å². The fourth-order valence-electron chi connectivity index (χ4n) is 4.62. The lowest BCUT2D eigenvalue weighted by atomic mass is 9.86. The topological polar surface area (TPSA) is 76.6 Å². The first kappa shape index (κ1) is 17.0. The second-order valence-electron chi connectivity index (χ2n) is 7.38. The van der Waals surface area contributed by atoms with Crippen molar-refractivity contribution in [3.05, 3.63) is 71.4 Å². The number of piperazine rings is 1. The highest BCUT2D eigenvalue weighted by atomic mass is 16.3. The summed E-state index contributed by atoms with van der Waals surface area (Å²) in [4.78, 5) is 33.0. The first-order valence-electron chi connectivity index (χ1n) is 9.54. The number of aliphatic hydroxyl groups is 1. The maximum Gasteiger partial charge on any atom is 0.246 e. The maximum atomic E-state index is 13.2. The second kappa shape index (κ2) is 6.49. The molecule has 2 aliphatic rings. The van der Waals surface area contributed by atoms with Crippen molar-refractivity contribution in [2.45, 2.75) is 18.5 Å². The number of amides is 2. The van der Waals surface area contributed by atoms with Crippen LogP contribution in [-0.2, 0) is 16.0 Å². The predicted molar refractivity (Wildman–Crippen MR) is 105 cm³/mol. The monoisotopic (exact) mass is 375 g/mol. The van der Waals surface area contributed by atoms with Crippen LogP contribution in [0.1, 0.15) is 22.9 Å². The number of fused-ring (bicyclic) bond motifs is 4. The Bertz CT molecular complexity index is 1060. The highest BCUT2D eigenvalue weighted by molar-refractivity contribution is 5.97. The number of nitrogens with one attached hydrogen (secondary N) is 1. The van der Waals surface area contributed by atoms with Gasteiger partial charge in [0.2, 0.25) is 11.8 Å². The Balaban J connectivity index is 1.71. The van der Waals surface area contributed by atoms with Crippen LogP contribution in [0.25, 0.3) is 10.9 Å². The van der Waals surface area contributed by atoms with Crippen molar-refractivity contribution >= 4 is 22.7 Å². The van der Waals surface area contributed by atoms with E-state index in [-0.39, 0.29) is 37.6 Å². The van der Waals surface area contributed by atoms with E-state index in [2.05, 4.69) is 11.1 Å². The van der Waals surface area contributed by atoms with Gasteiger partial charge in [0.1, 0.15) is 6.04 Å². The molecule has 2 atom stereocenters. The van der Waals surface area contributed by atoms with Crippen molar-refractivity contribution in [3.63, 3.8) is 0 Å². The van der Waals surface area contributed by atoms with Gasteiger partial charge in [0, 0.05) is 29.6 Å². The third-order valence-corrected chi connectivity index (χ3v) is 5.83. The highest BCUT2D eigenvalue weighted by Gasteiger charge is 2.47. The van der Waals surface area contributed by atoms with E-state index < -0.39 is 6.04 Å². The average Bonchev–Trinajstić information content (AvgIpc) is 3.09. The Morgan fingerprint density at radius 2 is 1.79 bits per heavy atom. The van der Waals surface area contributed by atoms with Crippen molar-refractivity contribution in [2.75, 3.05) is 19.7 Å².